The summed E-state index contributed by atoms with van der Waals surface area (Å²) in [6, 6.07) is 2.85. The van der Waals surface area contributed by atoms with Crippen LogP contribution >= 0.6 is 0 Å². The number of hydroxylamine groups is 1. The lowest BCUT2D eigenvalue weighted by molar-refractivity contribution is -0.387. The molecule has 1 aromatic rings. The monoisotopic (exact) mass is 228 g/mol. The van der Waals surface area contributed by atoms with Crippen molar-refractivity contribution >= 4 is 11.6 Å². The first-order valence-electron chi connectivity index (χ1n) is 4.42. The molecular weight excluding hydrogens is 219 g/mol. The quantitative estimate of drug-likeness (QED) is 0.624. The molecule has 1 N–H and O–H groups in total. The van der Waals surface area contributed by atoms with Gasteiger partial charge in [0.2, 0.25) is 5.82 Å². The van der Waals surface area contributed by atoms with Gasteiger partial charge in [-0.25, -0.2) is 5.48 Å². The van der Waals surface area contributed by atoms with Gasteiger partial charge in [0, 0.05) is 11.6 Å². The van der Waals surface area contributed by atoms with Gasteiger partial charge in [-0.1, -0.05) is 0 Å². The fourth-order valence-electron chi connectivity index (χ4n) is 0.990. The van der Waals surface area contributed by atoms with Crippen molar-refractivity contribution in [3.63, 3.8) is 0 Å². The maximum Gasteiger partial charge on any atom is 0.305 e. The highest BCUT2D eigenvalue weighted by Gasteiger charge is 2.17. The molecule has 0 bridgehead atoms. The van der Waals surface area contributed by atoms with Crippen molar-refractivity contribution < 1.29 is 18.9 Å². The highest BCUT2D eigenvalue weighted by Crippen LogP contribution is 2.18. The van der Waals surface area contributed by atoms with Crippen LogP contribution in [0.2, 0.25) is 0 Å². The standard InChI is InChI=1S/C9H9FN2O4/c1-2-16-11-9(13)6-3-4-7(10)8(5-6)12(14)15/h3-5H,2H2,1H3,(H,11,13). The Bertz CT molecular complexity index is 422. The van der Waals surface area contributed by atoms with E-state index in [4.69, 9.17) is 0 Å². The van der Waals surface area contributed by atoms with E-state index in [-0.39, 0.29) is 12.2 Å². The molecule has 0 aliphatic rings. The van der Waals surface area contributed by atoms with Crippen molar-refractivity contribution in [3.05, 3.63) is 39.7 Å². The predicted molar refractivity (Wildman–Crippen MR) is 52.1 cm³/mol. The fourth-order valence-corrected chi connectivity index (χ4v) is 0.990. The van der Waals surface area contributed by atoms with Crippen LogP contribution in [0.4, 0.5) is 10.1 Å². The number of nitrogens with one attached hydrogen (secondary N) is 1. The summed E-state index contributed by atoms with van der Waals surface area (Å²) < 4.78 is 12.9. The van der Waals surface area contributed by atoms with Gasteiger partial charge in [-0.05, 0) is 19.1 Å². The number of nitro benzene ring substituents is 1. The summed E-state index contributed by atoms with van der Waals surface area (Å²) >= 11 is 0. The minimum absolute atomic E-state index is 0.0402. The van der Waals surface area contributed by atoms with Gasteiger partial charge in [-0.3, -0.25) is 19.7 Å². The summed E-state index contributed by atoms with van der Waals surface area (Å²) in [5.41, 5.74) is 1.26. The van der Waals surface area contributed by atoms with Crippen LogP contribution in [-0.4, -0.2) is 17.4 Å². The second-order valence-corrected chi connectivity index (χ2v) is 2.79. The Kier molecular flexibility index (Phi) is 3.90. The SMILES string of the molecule is CCONC(=O)c1ccc(F)c([N+](=O)[O-])c1. The molecule has 0 aromatic heterocycles. The summed E-state index contributed by atoms with van der Waals surface area (Å²) in [6.45, 7) is 1.92. The minimum Gasteiger partial charge on any atom is -0.274 e. The molecule has 0 saturated heterocycles. The van der Waals surface area contributed by atoms with Crippen LogP contribution < -0.4 is 5.48 Å². The molecule has 0 aliphatic heterocycles. The van der Waals surface area contributed by atoms with Crippen molar-refractivity contribution in [2.75, 3.05) is 6.61 Å². The first-order valence-corrected chi connectivity index (χ1v) is 4.42. The minimum atomic E-state index is -0.988. The molecule has 16 heavy (non-hydrogen) atoms. The molecule has 1 amide bonds. The van der Waals surface area contributed by atoms with E-state index in [1.165, 1.54) is 0 Å². The molecule has 1 aromatic carbocycles. The molecule has 0 atom stereocenters. The highest BCUT2D eigenvalue weighted by atomic mass is 19.1. The lowest BCUT2D eigenvalue weighted by atomic mass is 10.2. The van der Waals surface area contributed by atoms with Gasteiger partial charge in [0.15, 0.2) is 0 Å². The number of hydrogen-bond acceptors (Lipinski definition) is 4. The number of nitrogens with zero attached hydrogens (tertiary/aromatic N) is 1. The molecule has 0 heterocycles. The molecule has 7 heteroatoms. The van der Waals surface area contributed by atoms with Crippen molar-refractivity contribution in [3.8, 4) is 0 Å². The normalized spacial score (nSPS) is 9.88. The Morgan fingerprint density at radius 1 is 1.62 bits per heavy atom. The zero-order valence-electron chi connectivity index (χ0n) is 8.40. The summed E-state index contributed by atoms with van der Waals surface area (Å²) in [7, 11) is 0. The Labute approximate surface area is 90.1 Å². The van der Waals surface area contributed by atoms with Crippen molar-refractivity contribution in [1.82, 2.24) is 5.48 Å². The Morgan fingerprint density at radius 2 is 2.31 bits per heavy atom. The van der Waals surface area contributed by atoms with E-state index in [9.17, 15) is 19.3 Å². The molecule has 0 radical (unpaired) electrons. The number of carbonyl (C=O) groups is 1. The maximum atomic E-state index is 12.9. The summed E-state index contributed by atoms with van der Waals surface area (Å²) in [5.74, 6) is -1.65. The maximum absolute atomic E-state index is 12.9. The van der Waals surface area contributed by atoms with Gasteiger partial charge in [-0.2, -0.15) is 4.39 Å². The smallest absolute Gasteiger partial charge is 0.274 e. The Hall–Kier alpha value is -2.02. The number of halogens is 1. The topological polar surface area (TPSA) is 81.5 Å². The largest absolute Gasteiger partial charge is 0.305 e. The number of amides is 1. The lowest BCUT2D eigenvalue weighted by Gasteiger charge is -2.03. The van der Waals surface area contributed by atoms with E-state index in [0.29, 0.717) is 0 Å². The first-order chi connectivity index (χ1) is 7.56. The van der Waals surface area contributed by atoms with Crippen LogP contribution in [-0.2, 0) is 4.84 Å². The van der Waals surface area contributed by atoms with Crippen LogP contribution in [0.1, 0.15) is 17.3 Å². The molecule has 0 fully saturated rings. The van der Waals surface area contributed by atoms with E-state index in [2.05, 4.69) is 10.3 Å². The van der Waals surface area contributed by atoms with E-state index in [1.54, 1.807) is 6.92 Å². The Morgan fingerprint density at radius 3 is 2.88 bits per heavy atom. The Balaban J connectivity index is 2.94. The number of carbonyl (C=O) groups excluding carboxylic acids is 1. The third-order valence-electron chi connectivity index (χ3n) is 1.71. The van der Waals surface area contributed by atoms with Crippen molar-refractivity contribution in [2.45, 2.75) is 6.92 Å². The van der Waals surface area contributed by atoms with E-state index < -0.39 is 22.3 Å². The molecule has 86 valence electrons. The van der Waals surface area contributed by atoms with E-state index in [0.717, 1.165) is 18.2 Å². The average Bonchev–Trinajstić information content (AvgIpc) is 2.26. The zero-order chi connectivity index (χ0) is 12.1. The first kappa shape index (κ1) is 12.1. The van der Waals surface area contributed by atoms with Gasteiger partial charge in [0.25, 0.3) is 5.91 Å². The van der Waals surface area contributed by atoms with Gasteiger partial charge < -0.3 is 0 Å². The molecule has 0 saturated carbocycles. The molecule has 6 nitrogen and oxygen atoms in total. The summed E-state index contributed by atoms with van der Waals surface area (Å²) in [4.78, 5) is 25.4. The predicted octanol–water partition coefficient (Wildman–Crippen LogP) is 1.42. The molecule has 0 spiro atoms. The van der Waals surface area contributed by atoms with Gasteiger partial charge in [-0.15, -0.1) is 0 Å². The van der Waals surface area contributed by atoms with Crippen LogP contribution in [0.3, 0.4) is 0 Å². The fraction of sp³-hybridized carbons (Fsp3) is 0.222. The average molecular weight is 228 g/mol. The molecule has 0 unspecified atom stereocenters. The zero-order valence-corrected chi connectivity index (χ0v) is 8.40. The van der Waals surface area contributed by atoms with Crippen LogP contribution in [0.25, 0.3) is 0 Å². The second-order valence-electron chi connectivity index (χ2n) is 2.79. The summed E-state index contributed by atoms with van der Waals surface area (Å²) in [5, 5.41) is 10.4. The van der Waals surface area contributed by atoms with Crippen molar-refractivity contribution in [2.24, 2.45) is 0 Å². The van der Waals surface area contributed by atoms with Crippen molar-refractivity contribution in [1.29, 1.82) is 0 Å². The molecular formula is C9H9FN2O4. The van der Waals surface area contributed by atoms with E-state index in [1.807, 2.05) is 0 Å². The van der Waals surface area contributed by atoms with Gasteiger partial charge in [0.1, 0.15) is 0 Å². The van der Waals surface area contributed by atoms with Crippen LogP contribution in [0.5, 0.6) is 0 Å². The second kappa shape index (κ2) is 5.17. The number of benzene rings is 1. The molecule has 1 rings (SSSR count). The number of rotatable bonds is 4. The summed E-state index contributed by atoms with van der Waals surface area (Å²) in [6.07, 6.45) is 0. The number of nitro groups is 1. The number of hydrogen-bond donors (Lipinski definition) is 1. The third-order valence-corrected chi connectivity index (χ3v) is 1.71. The van der Waals surface area contributed by atoms with Gasteiger partial charge in [0.05, 0.1) is 11.5 Å². The van der Waals surface area contributed by atoms with Crippen LogP contribution in [0, 0.1) is 15.9 Å². The van der Waals surface area contributed by atoms with E-state index >= 15 is 0 Å². The van der Waals surface area contributed by atoms with Crippen LogP contribution in [0.15, 0.2) is 18.2 Å². The third kappa shape index (κ3) is 2.74. The highest BCUT2D eigenvalue weighted by molar-refractivity contribution is 5.94. The van der Waals surface area contributed by atoms with Gasteiger partial charge >= 0.3 is 5.69 Å². The lowest BCUT2D eigenvalue weighted by Crippen LogP contribution is -2.23. The molecule has 0 aliphatic carbocycles.